The third-order valence-corrected chi connectivity index (χ3v) is 5.01. The van der Waals surface area contributed by atoms with E-state index in [2.05, 4.69) is 21.0 Å². The van der Waals surface area contributed by atoms with Crippen molar-refractivity contribution >= 4 is 38.9 Å². The van der Waals surface area contributed by atoms with Crippen LogP contribution in [0.25, 0.3) is 0 Å². The molecule has 0 saturated heterocycles. The lowest BCUT2D eigenvalue weighted by Crippen LogP contribution is -1.98. The number of aryl methyl sites for hydroxylation is 1. The average Bonchev–Trinajstić information content (AvgIpc) is 2.87. The number of aromatic nitrogens is 2. The molecule has 0 bridgehead atoms. The Balaban J connectivity index is 2.08. The van der Waals surface area contributed by atoms with Gasteiger partial charge in [0.25, 0.3) is 0 Å². The molecule has 0 aromatic carbocycles. The van der Waals surface area contributed by atoms with Crippen LogP contribution in [0.4, 0.5) is 0 Å². The number of halogens is 2. The zero-order chi connectivity index (χ0) is 12.4. The predicted molar refractivity (Wildman–Crippen MR) is 73.6 cm³/mol. The van der Waals surface area contributed by atoms with E-state index >= 15 is 0 Å². The third kappa shape index (κ3) is 3.10. The second kappa shape index (κ2) is 5.52. The van der Waals surface area contributed by atoms with Gasteiger partial charge in [0.05, 0.1) is 12.3 Å². The summed E-state index contributed by atoms with van der Waals surface area (Å²) < 4.78 is 3.35. The highest BCUT2D eigenvalue weighted by Gasteiger charge is 2.14. The summed E-state index contributed by atoms with van der Waals surface area (Å²) in [6.07, 6.45) is 3.77. The van der Waals surface area contributed by atoms with Crippen molar-refractivity contribution in [1.82, 2.24) is 9.78 Å². The molecule has 2 rings (SSSR count). The molecular formula is C11H12BrClN2OS. The monoisotopic (exact) mass is 334 g/mol. The van der Waals surface area contributed by atoms with Gasteiger partial charge in [-0.15, -0.1) is 11.3 Å². The summed E-state index contributed by atoms with van der Waals surface area (Å²) in [7, 11) is 0. The van der Waals surface area contributed by atoms with E-state index in [1.54, 1.807) is 6.20 Å². The van der Waals surface area contributed by atoms with E-state index in [4.69, 9.17) is 11.6 Å². The number of hydrogen-bond acceptors (Lipinski definition) is 3. The Morgan fingerprint density at radius 3 is 2.94 bits per heavy atom. The number of nitrogens with zero attached hydrogens (tertiary/aromatic N) is 2. The molecule has 1 unspecified atom stereocenters. The van der Waals surface area contributed by atoms with Crippen LogP contribution < -0.4 is 0 Å². The van der Waals surface area contributed by atoms with E-state index in [-0.39, 0.29) is 0 Å². The molecule has 92 valence electrons. The second-order valence-electron chi connectivity index (χ2n) is 3.69. The predicted octanol–water partition coefficient (Wildman–Crippen LogP) is 3.66. The molecule has 0 saturated carbocycles. The van der Waals surface area contributed by atoms with Crippen LogP contribution in [0.5, 0.6) is 0 Å². The van der Waals surface area contributed by atoms with Gasteiger partial charge >= 0.3 is 0 Å². The molecule has 0 aliphatic carbocycles. The quantitative estimate of drug-likeness (QED) is 0.926. The molecular weight excluding hydrogens is 324 g/mol. The molecule has 2 aromatic heterocycles. The summed E-state index contributed by atoms with van der Waals surface area (Å²) in [6, 6.07) is 1.86. The maximum atomic E-state index is 10.1. The summed E-state index contributed by atoms with van der Waals surface area (Å²) >= 11 is 10.7. The van der Waals surface area contributed by atoms with Crippen molar-refractivity contribution in [2.75, 3.05) is 0 Å². The Labute approximate surface area is 117 Å². The van der Waals surface area contributed by atoms with Crippen molar-refractivity contribution in [3.63, 3.8) is 0 Å². The standard InChI is InChI=1S/C11H12BrClN2OS/c1-2-15-6-7(5-14-15)3-9(16)10-4-8(12)11(13)17-10/h4-6,9,16H,2-3H2,1H3. The number of hydrogen-bond donors (Lipinski definition) is 1. The minimum Gasteiger partial charge on any atom is -0.387 e. The van der Waals surface area contributed by atoms with Gasteiger partial charge in [0.1, 0.15) is 4.34 Å². The second-order valence-corrected chi connectivity index (χ2v) is 6.23. The number of aliphatic hydroxyl groups is 1. The van der Waals surface area contributed by atoms with Crippen molar-refractivity contribution in [3.05, 3.63) is 37.7 Å². The third-order valence-electron chi connectivity index (χ3n) is 2.43. The van der Waals surface area contributed by atoms with Gasteiger partial charge in [-0.3, -0.25) is 4.68 Å². The molecule has 1 N–H and O–H groups in total. The fourth-order valence-electron chi connectivity index (χ4n) is 1.54. The van der Waals surface area contributed by atoms with E-state index in [9.17, 15) is 5.11 Å². The minimum absolute atomic E-state index is 0.529. The van der Waals surface area contributed by atoms with Gasteiger partial charge in [-0.1, -0.05) is 11.6 Å². The van der Waals surface area contributed by atoms with Crippen molar-refractivity contribution in [2.45, 2.75) is 26.0 Å². The molecule has 0 aliphatic heterocycles. The Bertz CT molecular complexity index is 492. The van der Waals surface area contributed by atoms with Crippen molar-refractivity contribution in [1.29, 1.82) is 0 Å². The largest absolute Gasteiger partial charge is 0.387 e. The van der Waals surface area contributed by atoms with Crippen LogP contribution in [0.15, 0.2) is 22.9 Å². The maximum absolute atomic E-state index is 10.1. The molecule has 6 heteroatoms. The normalized spacial score (nSPS) is 12.9. The van der Waals surface area contributed by atoms with Gasteiger partial charge in [0.2, 0.25) is 0 Å². The molecule has 0 aliphatic rings. The lowest BCUT2D eigenvalue weighted by atomic mass is 10.1. The Kier molecular flexibility index (Phi) is 4.25. The van der Waals surface area contributed by atoms with E-state index < -0.39 is 6.10 Å². The molecule has 2 aromatic rings. The van der Waals surface area contributed by atoms with Crippen LogP contribution >= 0.6 is 38.9 Å². The molecule has 1 atom stereocenters. The molecule has 0 radical (unpaired) electrons. The van der Waals surface area contributed by atoms with Gasteiger partial charge in [-0.05, 0) is 34.5 Å². The maximum Gasteiger partial charge on any atom is 0.107 e. The summed E-state index contributed by atoms with van der Waals surface area (Å²) in [5.74, 6) is 0. The molecule has 0 fully saturated rings. The summed E-state index contributed by atoms with van der Waals surface area (Å²) in [6.45, 7) is 2.87. The SMILES string of the molecule is CCn1cc(CC(O)c2cc(Br)c(Cl)s2)cn1. The van der Waals surface area contributed by atoms with E-state index in [0.717, 1.165) is 21.5 Å². The van der Waals surface area contributed by atoms with Gasteiger partial charge < -0.3 is 5.11 Å². The van der Waals surface area contributed by atoms with Gasteiger partial charge in [-0.25, -0.2) is 0 Å². The van der Waals surface area contributed by atoms with E-state index in [0.29, 0.717) is 10.8 Å². The fourth-order valence-corrected chi connectivity index (χ4v) is 3.26. The zero-order valence-corrected chi connectivity index (χ0v) is 12.4. The number of rotatable bonds is 4. The first-order valence-corrected chi connectivity index (χ1v) is 7.23. The fraction of sp³-hybridized carbons (Fsp3) is 0.364. The van der Waals surface area contributed by atoms with Crippen LogP contribution in [-0.4, -0.2) is 14.9 Å². The highest BCUT2D eigenvalue weighted by atomic mass is 79.9. The minimum atomic E-state index is -0.529. The molecule has 3 nitrogen and oxygen atoms in total. The molecule has 17 heavy (non-hydrogen) atoms. The molecule has 2 heterocycles. The van der Waals surface area contributed by atoms with Crippen molar-refractivity contribution in [3.8, 4) is 0 Å². The van der Waals surface area contributed by atoms with Crippen molar-refractivity contribution in [2.24, 2.45) is 0 Å². The number of thiophene rings is 1. The first kappa shape index (κ1) is 13.1. The lowest BCUT2D eigenvalue weighted by molar-refractivity contribution is 0.182. The summed E-state index contributed by atoms with van der Waals surface area (Å²) in [4.78, 5) is 0.867. The number of aliphatic hydroxyl groups excluding tert-OH is 1. The smallest absolute Gasteiger partial charge is 0.107 e. The van der Waals surface area contributed by atoms with Crippen LogP contribution in [0.1, 0.15) is 23.5 Å². The topological polar surface area (TPSA) is 38.0 Å². The van der Waals surface area contributed by atoms with Crippen LogP contribution in [-0.2, 0) is 13.0 Å². The van der Waals surface area contributed by atoms with E-state index in [1.165, 1.54) is 11.3 Å². The first-order valence-electron chi connectivity index (χ1n) is 5.24. The summed E-state index contributed by atoms with van der Waals surface area (Å²) in [5.41, 5.74) is 1.03. The Hall–Kier alpha value is -0.360. The van der Waals surface area contributed by atoms with Crippen LogP contribution in [0, 0.1) is 0 Å². The van der Waals surface area contributed by atoms with Crippen LogP contribution in [0.2, 0.25) is 4.34 Å². The lowest BCUT2D eigenvalue weighted by Gasteiger charge is -2.05. The Morgan fingerprint density at radius 1 is 1.65 bits per heavy atom. The average molecular weight is 336 g/mol. The van der Waals surface area contributed by atoms with Gasteiger partial charge in [0.15, 0.2) is 0 Å². The molecule has 0 amide bonds. The zero-order valence-electron chi connectivity index (χ0n) is 9.23. The van der Waals surface area contributed by atoms with Crippen LogP contribution in [0.3, 0.4) is 0 Å². The van der Waals surface area contributed by atoms with E-state index in [1.807, 2.05) is 23.9 Å². The van der Waals surface area contributed by atoms with Crippen molar-refractivity contribution < 1.29 is 5.11 Å². The first-order chi connectivity index (χ1) is 8.10. The Morgan fingerprint density at radius 2 is 2.41 bits per heavy atom. The van der Waals surface area contributed by atoms with Gasteiger partial charge in [0, 0.05) is 28.5 Å². The summed E-state index contributed by atoms with van der Waals surface area (Å²) in [5, 5.41) is 14.3. The highest BCUT2D eigenvalue weighted by Crippen LogP contribution is 2.36. The molecule has 0 spiro atoms. The highest BCUT2D eigenvalue weighted by molar-refractivity contribution is 9.10. The van der Waals surface area contributed by atoms with Gasteiger partial charge in [-0.2, -0.15) is 5.10 Å².